The van der Waals surface area contributed by atoms with Crippen LogP contribution in [-0.4, -0.2) is 36.1 Å². The van der Waals surface area contributed by atoms with Gasteiger partial charge in [0.05, 0.1) is 17.4 Å². The molecule has 4 nitrogen and oxygen atoms in total. The first kappa shape index (κ1) is 9.36. The Balaban J connectivity index is 1.76. The van der Waals surface area contributed by atoms with E-state index in [4.69, 9.17) is 11.6 Å². The van der Waals surface area contributed by atoms with Gasteiger partial charge in [-0.05, 0) is 11.8 Å². The third-order valence-electron chi connectivity index (χ3n) is 3.28. The summed E-state index contributed by atoms with van der Waals surface area (Å²) < 4.78 is 0. The van der Waals surface area contributed by atoms with E-state index >= 15 is 0 Å². The van der Waals surface area contributed by atoms with Crippen molar-refractivity contribution in [3.8, 4) is 0 Å². The second-order valence-corrected chi connectivity index (χ2v) is 4.72. The lowest BCUT2D eigenvalue weighted by atomic mass is 10.0. The standard InChI is InChI=1S/C10H13ClN4/c11-9-3-13-10(14-4-9)15-5-7-1-12-2-8(7)6-15/h3-4,7-8,12H,1-2,5-6H2. The molecule has 3 rings (SSSR count). The number of aromatic nitrogens is 2. The first-order valence-corrected chi connectivity index (χ1v) is 5.64. The third kappa shape index (κ3) is 1.68. The number of hydrogen-bond acceptors (Lipinski definition) is 4. The van der Waals surface area contributed by atoms with Crippen molar-refractivity contribution in [1.82, 2.24) is 15.3 Å². The largest absolute Gasteiger partial charge is 0.340 e. The molecule has 0 saturated carbocycles. The van der Waals surface area contributed by atoms with Gasteiger partial charge in [-0.15, -0.1) is 0 Å². The summed E-state index contributed by atoms with van der Waals surface area (Å²) in [6.07, 6.45) is 3.33. The van der Waals surface area contributed by atoms with E-state index in [1.165, 1.54) is 0 Å². The fourth-order valence-electron chi connectivity index (χ4n) is 2.49. The third-order valence-corrected chi connectivity index (χ3v) is 3.47. The van der Waals surface area contributed by atoms with Crippen LogP contribution in [0.15, 0.2) is 12.4 Å². The summed E-state index contributed by atoms with van der Waals surface area (Å²) in [5.74, 6) is 2.35. The van der Waals surface area contributed by atoms with Gasteiger partial charge in [0.15, 0.2) is 0 Å². The minimum Gasteiger partial charge on any atom is -0.340 e. The van der Waals surface area contributed by atoms with Crippen molar-refractivity contribution in [1.29, 1.82) is 0 Å². The van der Waals surface area contributed by atoms with E-state index in [9.17, 15) is 0 Å². The van der Waals surface area contributed by atoms with Gasteiger partial charge in [0.1, 0.15) is 0 Å². The fraction of sp³-hybridized carbons (Fsp3) is 0.600. The number of nitrogens with zero attached hydrogens (tertiary/aromatic N) is 3. The second-order valence-electron chi connectivity index (χ2n) is 4.28. The summed E-state index contributed by atoms with van der Waals surface area (Å²) in [4.78, 5) is 10.8. The normalized spacial score (nSPS) is 29.5. The van der Waals surface area contributed by atoms with Crippen molar-refractivity contribution in [3.05, 3.63) is 17.4 Å². The topological polar surface area (TPSA) is 41.1 Å². The molecule has 2 atom stereocenters. The number of nitrogens with one attached hydrogen (secondary N) is 1. The summed E-state index contributed by atoms with van der Waals surface area (Å²) in [6, 6.07) is 0. The molecule has 15 heavy (non-hydrogen) atoms. The van der Waals surface area contributed by atoms with Gasteiger partial charge >= 0.3 is 0 Å². The Labute approximate surface area is 93.7 Å². The first-order valence-electron chi connectivity index (χ1n) is 5.26. The highest BCUT2D eigenvalue weighted by Gasteiger charge is 2.36. The molecular formula is C10H13ClN4. The van der Waals surface area contributed by atoms with Crippen LogP contribution >= 0.6 is 11.6 Å². The Hall–Kier alpha value is -0.870. The van der Waals surface area contributed by atoms with Gasteiger partial charge in [-0.3, -0.25) is 0 Å². The summed E-state index contributed by atoms with van der Waals surface area (Å²) in [5, 5.41) is 4.01. The molecule has 1 aromatic rings. The quantitative estimate of drug-likeness (QED) is 0.766. The molecule has 0 spiro atoms. The van der Waals surface area contributed by atoms with Crippen molar-refractivity contribution in [2.24, 2.45) is 11.8 Å². The highest BCUT2D eigenvalue weighted by atomic mass is 35.5. The maximum absolute atomic E-state index is 5.76. The number of rotatable bonds is 1. The molecule has 0 radical (unpaired) electrons. The second kappa shape index (κ2) is 3.61. The van der Waals surface area contributed by atoms with Crippen LogP contribution in [0.1, 0.15) is 0 Å². The van der Waals surface area contributed by atoms with Gasteiger partial charge < -0.3 is 10.2 Å². The summed E-state index contributed by atoms with van der Waals surface area (Å²) >= 11 is 5.76. The Morgan fingerprint density at radius 1 is 1.20 bits per heavy atom. The Morgan fingerprint density at radius 3 is 2.40 bits per heavy atom. The molecule has 2 fully saturated rings. The number of halogens is 1. The number of hydrogen-bond donors (Lipinski definition) is 1. The molecule has 80 valence electrons. The van der Waals surface area contributed by atoms with E-state index in [1.54, 1.807) is 12.4 Å². The van der Waals surface area contributed by atoms with Gasteiger partial charge in [-0.2, -0.15) is 0 Å². The predicted octanol–water partition coefficient (Wildman–Crippen LogP) is 0.786. The molecule has 0 amide bonds. The Morgan fingerprint density at radius 2 is 1.80 bits per heavy atom. The van der Waals surface area contributed by atoms with Crippen molar-refractivity contribution in [2.45, 2.75) is 0 Å². The van der Waals surface area contributed by atoms with Crippen LogP contribution in [0.5, 0.6) is 0 Å². The molecule has 0 aliphatic carbocycles. The van der Waals surface area contributed by atoms with Crippen LogP contribution in [-0.2, 0) is 0 Å². The zero-order valence-corrected chi connectivity index (χ0v) is 9.11. The predicted molar refractivity (Wildman–Crippen MR) is 59.1 cm³/mol. The van der Waals surface area contributed by atoms with E-state index in [-0.39, 0.29) is 0 Å². The molecule has 1 aromatic heterocycles. The van der Waals surface area contributed by atoms with Crippen LogP contribution in [0.4, 0.5) is 5.95 Å². The fourth-order valence-corrected chi connectivity index (χ4v) is 2.59. The average molecular weight is 225 g/mol. The summed E-state index contributed by atoms with van der Waals surface area (Å²) in [7, 11) is 0. The molecule has 2 aliphatic heterocycles. The van der Waals surface area contributed by atoms with Crippen LogP contribution in [0, 0.1) is 11.8 Å². The SMILES string of the molecule is Clc1cnc(N2CC3CNCC3C2)nc1. The van der Waals surface area contributed by atoms with E-state index in [0.717, 1.165) is 44.0 Å². The summed E-state index contributed by atoms with van der Waals surface area (Å²) in [6.45, 7) is 4.40. The van der Waals surface area contributed by atoms with Gasteiger partial charge in [-0.1, -0.05) is 11.6 Å². The zero-order valence-electron chi connectivity index (χ0n) is 8.36. The van der Waals surface area contributed by atoms with Crippen molar-refractivity contribution in [3.63, 3.8) is 0 Å². The molecule has 1 N–H and O–H groups in total. The minimum atomic E-state index is 0.597. The van der Waals surface area contributed by atoms with Gasteiger partial charge in [0, 0.05) is 26.2 Å². The van der Waals surface area contributed by atoms with E-state index in [0.29, 0.717) is 5.02 Å². The van der Waals surface area contributed by atoms with Gasteiger partial charge in [-0.25, -0.2) is 9.97 Å². The molecule has 2 saturated heterocycles. The molecule has 2 unspecified atom stereocenters. The van der Waals surface area contributed by atoms with E-state index < -0.39 is 0 Å². The molecule has 0 bridgehead atoms. The minimum absolute atomic E-state index is 0.597. The first-order chi connectivity index (χ1) is 7.33. The van der Waals surface area contributed by atoms with E-state index in [1.807, 2.05) is 0 Å². The molecular weight excluding hydrogens is 212 g/mol. The van der Waals surface area contributed by atoms with Crippen molar-refractivity contribution in [2.75, 3.05) is 31.1 Å². The smallest absolute Gasteiger partial charge is 0.225 e. The maximum Gasteiger partial charge on any atom is 0.225 e. The van der Waals surface area contributed by atoms with Gasteiger partial charge in [0.2, 0.25) is 5.95 Å². The molecule has 2 aliphatic rings. The lowest BCUT2D eigenvalue weighted by Gasteiger charge is -2.16. The van der Waals surface area contributed by atoms with Crippen LogP contribution in [0.3, 0.4) is 0 Å². The lowest BCUT2D eigenvalue weighted by Crippen LogP contribution is -2.26. The Bertz CT molecular complexity index is 341. The molecule has 3 heterocycles. The lowest BCUT2D eigenvalue weighted by molar-refractivity contribution is 0.533. The van der Waals surface area contributed by atoms with Crippen molar-refractivity contribution < 1.29 is 0 Å². The Kier molecular flexibility index (Phi) is 2.25. The zero-order chi connectivity index (χ0) is 10.3. The molecule has 5 heteroatoms. The number of anilines is 1. The average Bonchev–Trinajstić information content (AvgIpc) is 2.78. The van der Waals surface area contributed by atoms with Crippen LogP contribution < -0.4 is 10.2 Å². The maximum atomic E-state index is 5.76. The van der Waals surface area contributed by atoms with Crippen LogP contribution in [0.2, 0.25) is 5.02 Å². The van der Waals surface area contributed by atoms with Crippen LogP contribution in [0.25, 0.3) is 0 Å². The number of fused-ring (bicyclic) bond motifs is 1. The highest BCUT2D eigenvalue weighted by Crippen LogP contribution is 2.28. The van der Waals surface area contributed by atoms with Gasteiger partial charge in [0.25, 0.3) is 0 Å². The monoisotopic (exact) mass is 224 g/mol. The summed E-state index contributed by atoms with van der Waals surface area (Å²) in [5.41, 5.74) is 0. The highest BCUT2D eigenvalue weighted by molar-refractivity contribution is 6.30. The van der Waals surface area contributed by atoms with E-state index in [2.05, 4.69) is 20.2 Å². The molecule has 0 aromatic carbocycles. The van der Waals surface area contributed by atoms with Crippen molar-refractivity contribution >= 4 is 17.5 Å².